The summed E-state index contributed by atoms with van der Waals surface area (Å²) >= 11 is 0. The second-order valence-corrected chi connectivity index (χ2v) is 8.93. The molecular formula is C29H24FN3O2. The number of rotatable bonds is 5. The lowest BCUT2D eigenvalue weighted by molar-refractivity contribution is 0.0949. The maximum atomic E-state index is 14.7. The fraction of sp³-hybridized carbons (Fsp3) is 0.207. The maximum absolute atomic E-state index is 14.7. The van der Waals surface area contributed by atoms with E-state index in [9.17, 15) is 14.0 Å². The van der Waals surface area contributed by atoms with Gasteiger partial charge in [-0.3, -0.25) is 9.59 Å². The summed E-state index contributed by atoms with van der Waals surface area (Å²) in [7, 11) is 0. The first-order chi connectivity index (χ1) is 17.1. The lowest BCUT2D eigenvalue weighted by Crippen LogP contribution is -2.31. The van der Waals surface area contributed by atoms with Gasteiger partial charge < -0.3 is 9.88 Å². The minimum atomic E-state index is -0.365. The van der Waals surface area contributed by atoms with Gasteiger partial charge in [-0.1, -0.05) is 24.3 Å². The molecular weight excluding hydrogens is 441 g/mol. The molecule has 5 nitrogen and oxygen atoms in total. The smallest absolute Gasteiger partial charge is 0.257 e. The summed E-state index contributed by atoms with van der Waals surface area (Å²) in [5.74, 6) is -0.185. The standard InChI is InChI=1S/C27H22FN3O2.C2H2/c28-24-14-18(8-11-21(24)16-6-7-16)17-3-1-4-20(13-17)31-15-23(27(33)30-19-9-10-19)25(32)22-5-2-12-29-26(22)31;1-2/h1-5,8,11-16,19H,6-7,9-10H2,(H,30,33);1-2H. The summed E-state index contributed by atoms with van der Waals surface area (Å²) in [6.45, 7) is 0. The van der Waals surface area contributed by atoms with Crippen molar-refractivity contribution in [3.8, 4) is 29.7 Å². The molecule has 1 N–H and O–H groups in total. The molecule has 0 radical (unpaired) electrons. The average molecular weight is 466 g/mol. The van der Waals surface area contributed by atoms with Crippen LogP contribution in [0.4, 0.5) is 4.39 Å². The normalized spacial score (nSPS) is 14.7. The number of carbonyl (C=O) groups is 1. The average Bonchev–Trinajstić information content (AvgIpc) is 3.82. The van der Waals surface area contributed by atoms with Gasteiger partial charge in [0.2, 0.25) is 5.43 Å². The van der Waals surface area contributed by atoms with Gasteiger partial charge in [0.1, 0.15) is 17.0 Å². The molecule has 4 aromatic rings. The monoisotopic (exact) mass is 465 g/mol. The van der Waals surface area contributed by atoms with Crippen molar-refractivity contribution < 1.29 is 9.18 Å². The predicted octanol–water partition coefficient (Wildman–Crippen LogP) is 5.21. The second kappa shape index (κ2) is 9.19. The molecule has 2 fully saturated rings. The molecule has 174 valence electrons. The van der Waals surface area contributed by atoms with Crippen LogP contribution in [0.15, 0.2) is 71.8 Å². The van der Waals surface area contributed by atoms with E-state index in [0.29, 0.717) is 17.0 Å². The van der Waals surface area contributed by atoms with Gasteiger partial charge in [0.25, 0.3) is 5.91 Å². The van der Waals surface area contributed by atoms with E-state index in [1.807, 2.05) is 36.4 Å². The molecule has 0 unspecified atom stereocenters. The van der Waals surface area contributed by atoms with E-state index >= 15 is 0 Å². The Kier molecular flexibility index (Phi) is 5.92. The van der Waals surface area contributed by atoms with Crippen molar-refractivity contribution in [1.29, 1.82) is 0 Å². The fourth-order valence-corrected chi connectivity index (χ4v) is 4.28. The number of amides is 1. The van der Waals surface area contributed by atoms with E-state index in [4.69, 9.17) is 0 Å². The zero-order chi connectivity index (χ0) is 24.5. The summed E-state index contributed by atoms with van der Waals surface area (Å²) in [5, 5.41) is 3.28. The molecule has 6 heteroatoms. The number of aromatic nitrogens is 2. The summed E-state index contributed by atoms with van der Waals surface area (Å²) in [6, 6.07) is 16.6. The molecule has 2 heterocycles. The van der Waals surface area contributed by atoms with E-state index in [-0.39, 0.29) is 28.8 Å². The highest BCUT2D eigenvalue weighted by Crippen LogP contribution is 2.42. The zero-order valence-corrected chi connectivity index (χ0v) is 19.1. The van der Waals surface area contributed by atoms with Crippen molar-refractivity contribution in [2.24, 2.45) is 0 Å². The molecule has 2 aromatic heterocycles. The highest BCUT2D eigenvalue weighted by atomic mass is 19.1. The molecule has 2 aliphatic rings. The third-order valence-corrected chi connectivity index (χ3v) is 6.39. The van der Waals surface area contributed by atoms with Crippen molar-refractivity contribution in [2.75, 3.05) is 0 Å². The van der Waals surface area contributed by atoms with Crippen LogP contribution in [-0.4, -0.2) is 21.5 Å². The Balaban J connectivity index is 0.00000124. The number of carbonyl (C=O) groups excluding carboxylic acids is 1. The number of terminal acetylenes is 1. The Labute approximate surface area is 202 Å². The summed E-state index contributed by atoms with van der Waals surface area (Å²) in [5.41, 5.74) is 3.39. The minimum Gasteiger partial charge on any atom is -0.349 e. The largest absolute Gasteiger partial charge is 0.349 e. The highest BCUT2D eigenvalue weighted by Gasteiger charge is 2.27. The number of benzene rings is 2. The molecule has 2 aromatic carbocycles. The van der Waals surface area contributed by atoms with Crippen molar-refractivity contribution in [3.05, 3.63) is 94.2 Å². The van der Waals surface area contributed by atoms with Crippen molar-refractivity contribution in [2.45, 2.75) is 37.6 Å². The SMILES string of the molecule is C#C.O=C(NC1CC1)c1cn(-c2cccc(-c3ccc(C4CC4)c(F)c3)c2)c2ncccc2c1=O. The van der Waals surface area contributed by atoms with Crippen LogP contribution >= 0.6 is 0 Å². The van der Waals surface area contributed by atoms with Gasteiger partial charge in [0, 0.05) is 24.1 Å². The molecule has 0 aliphatic heterocycles. The molecule has 0 spiro atoms. The van der Waals surface area contributed by atoms with Gasteiger partial charge in [0.05, 0.1) is 5.39 Å². The van der Waals surface area contributed by atoms with Crippen LogP contribution in [-0.2, 0) is 0 Å². The fourth-order valence-electron chi connectivity index (χ4n) is 4.28. The Morgan fingerprint density at radius 2 is 1.77 bits per heavy atom. The van der Waals surface area contributed by atoms with Gasteiger partial charge in [0.15, 0.2) is 0 Å². The number of fused-ring (bicyclic) bond motifs is 1. The first-order valence-corrected chi connectivity index (χ1v) is 11.6. The van der Waals surface area contributed by atoms with Crippen LogP contribution in [0.5, 0.6) is 0 Å². The second-order valence-electron chi connectivity index (χ2n) is 8.93. The van der Waals surface area contributed by atoms with E-state index in [0.717, 1.165) is 48.1 Å². The molecule has 0 atom stereocenters. The third kappa shape index (κ3) is 4.45. The summed E-state index contributed by atoms with van der Waals surface area (Å²) in [6.07, 6.45) is 15.2. The molecule has 6 rings (SSSR count). The van der Waals surface area contributed by atoms with Crippen molar-refractivity contribution in [3.63, 3.8) is 0 Å². The minimum absolute atomic E-state index is 0.0904. The van der Waals surface area contributed by atoms with Crippen molar-refractivity contribution in [1.82, 2.24) is 14.9 Å². The van der Waals surface area contributed by atoms with Crippen LogP contribution in [0.1, 0.15) is 47.5 Å². The first kappa shape index (κ1) is 22.5. The molecule has 2 aliphatic carbocycles. The topological polar surface area (TPSA) is 64.0 Å². The number of halogens is 1. The predicted molar refractivity (Wildman–Crippen MR) is 135 cm³/mol. The molecule has 0 saturated heterocycles. The number of nitrogens with one attached hydrogen (secondary N) is 1. The van der Waals surface area contributed by atoms with E-state index in [1.165, 1.54) is 0 Å². The van der Waals surface area contributed by atoms with Gasteiger partial charge in [-0.2, -0.15) is 0 Å². The number of hydrogen-bond acceptors (Lipinski definition) is 3. The molecule has 35 heavy (non-hydrogen) atoms. The zero-order valence-electron chi connectivity index (χ0n) is 19.1. The Morgan fingerprint density at radius 3 is 2.49 bits per heavy atom. The summed E-state index contributed by atoms with van der Waals surface area (Å²) in [4.78, 5) is 30.2. The highest BCUT2D eigenvalue weighted by molar-refractivity contribution is 5.97. The maximum Gasteiger partial charge on any atom is 0.257 e. The number of nitrogens with zero attached hydrogens (tertiary/aromatic N) is 2. The summed E-state index contributed by atoms with van der Waals surface area (Å²) < 4.78 is 16.4. The van der Waals surface area contributed by atoms with Gasteiger partial charge in [-0.05, 0) is 78.6 Å². The molecule has 1 amide bonds. The Bertz CT molecular complexity index is 1510. The van der Waals surface area contributed by atoms with E-state index < -0.39 is 0 Å². The molecule has 0 bridgehead atoms. The Hall–Kier alpha value is -4.24. The van der Waals surface area contributed by atoms with Crippen LogP contribution in [0.25, 0.3) is 27.8 Å². The quantitative estimate of drug-likeness (QED) is 0.412. The van der Waals surface area contributed by atoms with Gasteiger partial charge in [-0.15, -0.1) is 12.8 Å². The number of pyridine rings is 2. The Morgan fingerprint density at radius 1 is 1.00 bits per heavy atom. The van der Waals surface area contributed by atoms with E-state index in [1.54, 1.807) is 35.2 Å². The number of hydrogen-bond donors (Lipinski definition) is 1. The lowest BCUT2D eigenvalue weighted by Gasteiger charge is -2.14. The molecule has 2 saturated carbocycles. The van der Waals surface area contributed by atoms with Gasteiger partial charge in [-0.25, -0.2) is 9.37 Å². The van der Waals surface area contributed by atoms with Gasteiger partial charge >= 0.3 is 0 Å². The van der Waals surface area contributed by atoms with Crippen LogP contribution in [0.3, 0.4) is 0 Å². The third-order valence-electron chi connectivity index (χ3n) is 6.39. The van der Waals surface area contributed by atoms with Crippen molar-refractivity contribution >= 4 is 16.9 Å². The van der Waals surface area contributed by atoms with Crippen LogP contribution in [0.2, 0.25) is 0 Å². The van der Waals surface area contributed by atoms with E-state index in [2.05, 4.69) is 23.1 Å². The first-order valence-electron chi connectivity index (χ1n) is 11.6. The lowest BCUT2D eigenvalue weighted by atomic mass is 10.0. The van der Waals surface area contributed by atoms with Crippen LogP contribution < -0.4 is 10.7 Å². The van der Waals surface area contributed by atoms with Crippen LogP contribution in [0, 0.1) is 18.7 Å².